The summed E-state index contributed by atoms with van der Waals surface area (Å²) in [5.41, 5.74) is 1.31. The highest BCUT2D eigenvalue weighted by atomic mass is 16.4. The highest BCUT2D eigenvalue weighted by Gasteiger charge is 2.29. The Kier molecular flexibility index (Phi) is 4.54. The molecule has 2 aromatic rings. The zero-order valence-corrected chi connectivity index (χ0v) is 13.7. The van der Waals surface area contributed by atoms with Crippen molar-refractivity contribution in [2.45, 2.75) is 26.8 Å². The fourth-order valence-corrected chi connectivity index (χ4v) is 2.37. The Labute approximate surface area is 135 Å². The SMILES string of the molecule is Cn1cc(C(NC(=O)c2ccc(C(=O)O)cc2)C(C)(C)C)cn1. The van der Waals surface area contributed by atoms with E-state index in [0.29, 0.717) is 5.56 Å². The quantitative estimate of drug-likeness (QED) is 0.908. The smallest absolute Gasteiger partial charge is 0.335 e. The number of aryl methyl sites for hydroxylation is 1. The van der Waals surface area contributed by atoms with Crippen LogP contribution in [0.3, 0.4) is 0 Å². The lowest BCUT2D eigenvalue weighted by molar-refractivity contribution is 0.0696. The van der Waals surface area contributed by atoms with Crippen molar-refractivity contribution in [2.75, 3.05) is 0 Å². The summed E-state index contributed by atoms with van der Waals surface area (Å²) in [5, 5.41) is 16.1. The van der Waals surface area contributed by atoms with Gasteiger partial charge in [-0.15, -0.1) is 0 Å². The lowest BCUT2D eigenvalue weighted by atomic mass is 9.83. The van der Waals surface area contributed by atoms with E-state index < -0.39 is 5.97 Å². The van der Waals surface area contributed by atoms with E-state index in [9.17, 15) is 9.59 Å². The van der Waals surface area contributed by atoms with Crippen LogP contribution in [0.15, 0.2) is 36.7 Å². The minimum Gasteiger partial charge on any atom is -0.478 e. The average Bonchev–Trinajstić information content (AvgIpc) is 2.89. The molecule has 1 amide bonds. The number of aromatic nitrogens is 2. The highest BCUT2D eigenvalue weighted by Crippen LogP contribution is 2.32. The van der Waals surface area contributed by atoms with E-state index in [-0.39, 0.29) is 22.9 Å². The Bertz CT molecular complexity index is 711. The van der Waals surface area contributed by atoms with Gasteiger partial charge in [0, 0.05) is 24.4 Å². The number of hydrogen-bond acceptors (Lipinski definition) is 3. The molecule has 6 heteroatoms. The van der Waals surface area contributed by atoms with Gasteiger partial charge < -0.3 is 10.4 Å². The molecule has 0 aliphatic carbocycles. The van der Waals surface area contributed by atoms with E-state index in [4.69, 9.17) is 5.11 Å². The van der Waals surface area contributed by atoms with Gasteiger partial charge in [-0.3, -0.25) is 9.48 Å². The molecule has 0 aliphatic rings. The van der Waals surface area contributed by atoms with Gasteiger partial charge >= 0.3 is 5.97 Å². The lowest BCUT2D eigenvalue weighted by Gasteiger charge is -2.30. The molecule has 0 aliphatic heterocycles. The first kappa shape index (κ1) is 16.7. The maximum Gasteiger partial charge on any atom is 0.335 e. The van der Waals surface area contributed by atoms with Crippen LogP contribution in [0, 0.1) is 5.41 Å². The second-order valence-electron chi connectivity index (χ2n) is 6.60. The standard InChI is InChI=1S/C17H21N3O3/c1-17(2,3)14(13-9-18-20(4)10-13)19-15(21)11-5-7-12(8-6-11)16(22)23/h5-10,14H,1-4H3,(H,19,21)(H,22,23). The number of aromatic carboxylic acids is 1. The van der Waals surface area contributed by atoms with Gasteiger partial charge in [0.25, 0.3) is 5.91 Å². The fraction of sp³-hybridized carbons (Fsp3) is 0.353. The van der Waals surface area contributed by atoms with Crippen LogP contribution in [-0.2, 0) is 7.05 Å². The molecular weight excluding hydrogens is 294 g/mol. The van der Waals surface area contributed by atoms with Crippen molar-refractivity contribution in [1.82, 2.24) is 15.1 Å². The second-order valence-corrected chi connectivity index (χ2v) is 6.60. The van der Waals surface area contributed by atoms with Gasteiger partial charge in [-0.05, 0) is 29.7 Å². The molecule has 122 valence electrons. The van der Waals surface area contributed by atoms with Gasteiger partial charge in [-0.2, -0.15) is 5.10 Å². The molecule has 0 saturated carbocycles. The first-order valence-electron chi connectivity index (χ1n) is 7.31. The molecule has 1 aromatic carbocycles. The summed E-state index contributed by atoms with van der Waals surface area (Å²) in [6.07, 6.45) is 3.62. The Balaban J connectivity index is 2.22. The molecular formula is C17H21N3O3. The Morgan fingerprint density at radius 1 is 1.17 bits per heavy atom. The largest absolute Gasteiger partial charge is 0.478 e. The van der Waals surface area contributed by atoms with Gasteiger partial charge in [0.1, 0.15) is 0 Å². The minimum absolute atomic E-state index is 0.154. The van der Waals surface area contributed by atoms with Gasteiger partial charge in [0.15, 0.2) is 0 Å². The summed E-state index contributed by atoms with van der Waals surface area (Å²) >= 11 is 0. The van der Waals surface area contributed by atoms with E-state index in [1.54, 1.807) is 10.9 Å². The number of nitrogens with one attached hydrogen (secondary N) is 1. The molecule has 0 spiro atoms. The van der Waals surface area contributed by atoms with E-state index in [1.807, 2.05) is 34.0 Å². The Morgan fingerprint density at radius 2 is 1.74 bits per heavy atom. The lowest BCUT2D eigenvalue weighted by Crippen LogP contribution is -2.36. The minimum atomic E-state index is -1.01. The van der Waals surface area contributed by atoms with Crippen molar-refractivity contribution in [3.63, 3.8) is 0 Å². The number of carboxylic acids is 1. The first-order valence-corrected chi connectivity index (χ1v) is 7.31. The van der Waals surface area contributed by atoms with Crippen LogP contribution in [0.5, 0.6) is 0 Å². The number of hydrogen-bond donors (Lipinski definition) is 2. The number of carbonyl (C=O) groups is 2. The molecule has 23 heavy (non-hydrogen) atoms. The van der Waals surface area contributed by atoms with Crippen LogP contribution in [0.25, 0.3) is 0 Å². The van der Waals surface area contributed by atoms with Crippen molar-refractivity contribution in [2.24, 2.45) is 12.5 Å². The molecule has 0 saturated heterocycles. The maximum absolute atomic E-state index is 12.5. The van der Waals surface area contributed by atoms with E-state index >= 15 is 0 Å². The van der Waals surface area contributed by atoms with Crippen molar-refractivity contribution in [3.8, 4) is 0 Å². The molecule has 2 rings (SSSR count). The molecule has 0 bridgehead atoms. The Morgan fingerprint density at radius 3 is 2.17 bits per heavy atom. The van der Waals surface area contributed by atoms with Crippen LogP contribution in [-0.4, -0.2) is 26.8 Å². The average molecular weight is 315 g/mol. The summed E-state index contributed by atoms with van der Waals surface area (Å²) in [5.74, 6) is -1.26. The highest BCUT2D eigenvalue weighted by molar-refractivity contribution is 5.96. The van der Waals surface area contributed by atoms with Gasteiger partial charge in [0.05, 0.1) is 17.8 Å². The molecule has 1 heterocycles. The maximum atomic E-state index is 12.5. The van der Waals surface area contributed by atoms with Crippen molar-refractivity contribution in [1.29, 1.82) is 0 Å². The van der Waals surface area contributed by atoms with Gasteiger partial charge in [-0.1, -0.05) is 20.8 Å². The summed E-state index contributed by atoms with van der Waals surface area (Å²) in [6, 6.07) is 5.67. The third-order valence-corrected chi connectivity index (χ3v) is 3.59. The van der Waals surface area contributed by atoms with E-state index in [2.05, 4.69) is 10.4 Å². The third-order valence-electron chi connectivity index (χ3n) is 3.59. The number of nitrogens with zero attached hydrogens (tertiary/aromatic N) is 2. The predicted molar refractivity (Wildman–Crippen MR) is 86.3 cm³/mol. The Hall–Kier alpha value is -2.63. The second kappa shape index (κ2) is 6.24. The van der Waals surface area contributed by atoms with Crippen molar-refractivity contribution >= 4 is 11.9 Å². The molecule has 0 fully saturated rings. The molecule has 1 unspecified atom stereocenters. The van der Waals surface area contributed by atoms with Crippen LogP contribution in [0.4, 0.5) is 0 Å². The summed E-state index contributed by atoms with van der Waals surface area (Å²) in [6.45, 7) is 6.12. The predicted octanol–water partition coefficient (Wildman–Crippen LogP) is 2.64. The van der Waals surface area contributed by atoms with Crippen LogP contribution >= 0.6 is 0 Å². The summed E-state index contributed by atoms with van der Waals surface area (Å²) in [4.78, 5) is 23.3. The van der Waals surface area contributed by atoms with Gasteiger partial charge in [0.2, 0.25) is 0 Å². The van der Waals surface area contributed by atoms with Crippen LogP contribution in [0.1, 0.15) is 53.1 Å². The van der Waals surface area contributed by atoms with Gasteiger partial charge in [-0.25, -0.2) is 4.79 Å². The molecule has 0 radical (unpaired) electrons. The molecule has 2 N–H and O–H groups in total. The van der Waals surface area contributed by atoms with Crippen molar-refractivity contribution < 1.29 is 14.7 Å². The molecule has 1 aromatic heterocycles. The number of benzene rings is 1. The van der Waals surface area contributed by atoms with Crippen LogP contribution in [0.2, 0.25) is 0 Å². The molecule has 1 atom stereocenters. The van der Waals surface area contributed by atoms with Crippen LogP contribution < -0.4 is 5.32 Å². The summed E-state index contributed by atoms with van der Waals surface area (Å²) < 4.78 is 1.70. The number of carbonyl (C=O) groups excluding carboxylic acids is 1. The van der Waals surface area contributed by atoms with E-state index in [1.165, 1.54) is 24.3 Å². The normalized spacial score (nSPS) is 12.7. The van der Waals surface area contributed by atoms with E-state index in [0.717, 1.165) is 5.56 Å². The third kappa shape index (κ3) is 3.97. The topological polar surface area (TPSA) is 84.2 Å². The monoisotopic (exact) mass is 315 g/mol. The van der Waals surface area contributed by atoms with Crippen molar-refractivity contribution in [3.05, 3.63) is 53.3 Å². The first-order chi connectivity index (χ1) is 10.7. The fourth-order valence-electron chi connectivity index (χ4n) is 2.37. The summed E-state index contributed by atoms with van der Waals surface area (Å²) in [7, 11) is 1.83. The number of rotatable bonds is 4. The number of amides is 1. The molecule has 6 nitrogen and oxygen atoms in total. The zero-order valence-electron chi connectivity index (χ0n) is 13.7. The zero-order chi connectivity index (χ0) is 17.2. The number of carboxylic acid groups (broad SMARTS) is 1.